The van der Waals surface area contributed by atoms with Gasteiger partial charge in [0.15, 0.2) is 0 Å². The topological polar surface area (TPSA) is 65.1 Å². The summed E-state index contributed by atoms with van der Waals surface area (Å²) in [6, 6.07) is 7.59. The standard InChI is InChI=1S/C22H34BrNO5/c1-21(2,3)28-19(25)14-24(15-20(26)29-22(4,5)6)17(13-23)12-16-10-8-9-11-18(16)27-7/h8-11,17H,12-15H2,1-7H3. The van der Waals surface area contributed by atoms with Crippen molar-refractivity contribution in [1.82, 2.24) is 4.90 Å². The zero-order chi connectivity index (χ0) is 22.2. The molecule has 0 aliphatic rings. The summed E-state index contributed by atoms with van der Waals surface area (Å²) in [5, 5.41) is 0.566. The van der Waals surface area contributed by atoms with Gasteiger partial charge in [-0.25, -0.2) is 0 Å². The number of rotatable bonds is 9. The fourth-order valence-electron chi connectivity index (χ4n) is 2.80. The normalized spacial score (nSPS) is 13.1. The number of carbonyl (C=O) groups excluding carboxylic acids is 2. The molecule has 7 heteroatoms. The number of nitrogens with zero attached hydrogens (tertiary/aromatic N) is 1. The van der Waals surface area contributed by atoms with Crippen LogP contribution in [-0.4, -0.2) is 59.6 Å². The van der Waals surface area contributed by atoms with Gasteiger partial charge in [-0.1, -0.05) is 34.1 Å². The Morgan fingerprint density at radius 3 is 1.86 bits per heavy atom. The second-order valence-electron chi connectivity index (χ2n) is 8.90. The van der Waals surface area contributed by atoms with Crippen molar-refractivity contribution in [3.63, 3.8) is 0 Å². The molecule has 0 aromatic heterocycles. The third-order valence-corrected chi connectivity index (χ3v) is 4.59. The average molecular weight is 472 g/mol. The van der Waals surface area contributed by atoms with Gasteiger partial charge >= 0.3 is 11.9 Å². The number of para-hydroxylation sites is 1. The minimum atomic E-state index is -0.596. The lowest BCUT2D eigenvalue weighted by molar-refractivity contribution is -0.160. The van der Waals surface area contributed by atoms with Gasteiger partial charge in [-0.2, -0.15) is 0 Å². The molecule has 164 valence electrons. The summed E-state index contributed by atoms with van der Waals surface area (Å²) in [5.41, 5.74) is -0.194. The molecule has 0 bridgehead atoms. The Balaban J connectivity index is 3.04. The monoisotopic (exact) mass is 471 g/mol. The minimum absolute atomic E-state index is 0.0120. The summed E-state index contributed by atoms with van der Waals surface area (Å²) in [4.78, 5) is 26.7. The fourth-order valence-corrected chi connectivity index (χ4v) is 3.44. The molecule has 1 aromatic carbocycles. The minimum Gasteiger partial charge on any atom is -0.496 e. The molecular formula is C22H34BrNO5. The smallest absolute Gasteiger partial charge is 0.320 e. The molecule has 0 radical (unpaired) electrons. The van der Waals surface area contributed by atoms with E-state index in [0.717, 1.165) is 11.3 Å². The van der Waals surface area contributed by atoms with E-state index in [0.29, 0.717) is 11.8 Å². The van der Waals surface area contributed by atoms with Crippen LogP contribution >= 0.6 is 15.9 Å². The van der Waals surface area contributed by atoms with Gasteiger partial charge in [-0.05, 0) is 59.6 Å². The molecule has 1 atom stereocenters. The van der Waals surface area contributed by atoms with Crippen LogP contribution in [0.5, 0.6) is 5.75 Å². The molecule has 0 amide bonds. The van der Waals surface area contributed by atoms with Crippen LogP contribution in [0.4, 0.5) is 0 Å². The van der Waals surface area contributed by atoms with Gasteiger partial charge in [0.25, 0.3) is 0 Å². The van der Waals surface area contributed by atoms with Crippen LogP contribution in [0.25, 0.3) is 0 Å². The Bertz CT molecular complexity index is 649. The number of methoxy groups -OCH3 is 1. The van der Waals surface area contributed by atoms with Crippen molar-refractivity contribution in [3.8, 4) is 5.75 Å². The average Bonchev–Trinajstić information content (AvgIpc) is 2.56. The van der Waals surface area contributed by atoms with Crippen molar-refractivity contribution in [2.45, 2.75) is 65.2 Å². The van der Waals surface area contributed by atoms with Crippen LogP contribution in [0.1, 0.15) is 47.1 Å². The Kier molecular flexibility index (Phi) is 9.62. The van der Waals surface area contributed by atoms with Gasteiger partial charge in [0.05, 0.1) is 20.2 Å². The van der Waals surface area contributed by atoms with E-state index in [-0.39, 0.29) is 31.1 Å². The summed E-state index contributed by atoms with van der Waals surface area (Å²) >= 11 is 3.54. The summed E-state index contributed by atoms with van der Waals surface area (Å²) < 4.78 is 16.4. The molecule has 0 saturated carbocycles. The first-order valence-corrected chi connectivity index (χ1v) is 10.8. The SMILES string of the molecule is COc1ccccc1CC(CBr)N(CC(=O)OC(C)(C)C)CC(=O)OC(C)(C)C. The Hall–Kier alpha value is -1.60. The lowest BCUT2D eigenvalue weighted by Gasteiger charge is -2.31. The third kappa shape index (κ3) is 10.1. The van der Waals surface area contributed by atoms with Crippen molar-refractivity contribution >= 4 is 27.9 Å². The van der Waals surface area contributed by atoms with Gasteiger partial charge < -0.3 is 14.2 Å². The summed E-state index contributed by atoms with van der Waals surface area (Å²) in [6.45, 7) is 10.9. The van der Waals surface area contributed by atoms with Crippen molar-refractivity contribution < 1.29 is 23.8 Å². The molecule has 0 aliphatic carbocycles. The largest absolute Gasteiger partial charge is 0.496 e. The number of halogens is 1. The zero-order valence-electron chi connectivity index (χ0n) is 18.6. The van der Waals surface area contributed by atoms with Gasteiger partial charge in [-0.3, -0.25) is 14.5 Å². The predicted octanol–water partition coefficient (Wildman–Crippen LogP) is 3.99. The molecule has 1 rings (SSSR count). The number of benzene rings is 1. The second kappa shape index (κ2) is 11.0. The van der Waals surface area contributed by atoms with Crippen LogP contribution < -0.4 is 4.74 Å². The molecule has 0 aliphatic heterocycles. The lowest BCUT2D eigenvalue weighted by atomic mass is 10.0. The lowest BCUT2D eigenvalue weighted by Crippen LogP contribution is -2.47. The van der Waals surface area contributed by atoms with E-state index in [4.69, 9.17) is 14.2 Å². The molecular weight excluding hydrogens is 438 g/mol. The maximum absolute atomic E-state index is 12.5. The molecule has 1 unspecified atom stereocenters. The number of hydrogen-bond acceptors (Lipinski definition) is 6. The van der Waals surface area contributed by atoms with Crippen molar-refractivity contribution in [2.24, 2.45) is 0 Å². The van der Waals surface area contributed by atoms with Gasteiger partial charge in [0.1, 0.15) is 17.0 Å². The highest BCUT2D eigenvalue weighted by molar-refractivity contribution is 9.09. The van der Waals surface area contributed by atoms with Gasteiger partial charge in [0.2, 0.25) is 0 Å². The first-order chi connectivity index (χ1) is 13.3. The van der Waals surface area contributed by atoms with Crippen LogP contribution in [-0.2, 0) is 25.5 Å². The summed E-state index contributed by atoms with van der Waals surface area (Å²) in [6.07, 6.45) is 0.598. The van der Waals surface area contributed by atoms with E-state index in [1.54, 1.807) is 12.0 Å². The Labute approximate surface area is 183 Å². The highest BCUT2D eigenvalue weighted by Gasteiger charge is 2.28. The van der Waals surface area contributed by atoms with E-state index < -0.39 is 11.2 Å². The van der Waals surface area contributed by atoms with E-state index >= 15 is 0 Å². The molecule has 0 fully saturated rings. The van der Waals surface area contributed by atoms with Crippen LogP contribution in [0.3, 0.4) is 0 Å². The maximum Gasteiger partial charge on any atom is 0.320 e. The maximum atomic E-state index is 12.5. The third-order valence-electron chi connectivity index (χ3n) is 3.85. The van der Waals surface area contributed by atoms with E-state index in [2.05, 4.69) is 15.9 Å². The van der Waals surface area contributed by atoms with Crippen LogP contribution in [0.2, 0.25) is 0 Å². The summed E-state index contributed by atoms with van der Waals surface area (Å²) in [7, 11) is 1.63. The predicted molar refractivity (Wildman–Crippen MR) is 118 cm³/mol. The number of alkyl halides is 1. The van der Waals surface area contributed by atoms with Crippen LogP contribution in [0, 0.1) is 0 Å². The first-order valence-electron chi connectivity index (χ1n) is 9.70. The number of ether oxygens (including phenoxy) is 3. The molecule has 1 aromatic rings. The van der Waals surface area contributed by atoms with Gasteiger partial charge in [-0.15, -0.1) is 0 Å². The number of carbonyl (C=O) groups is 2. The molecule has 29 heavy (non-hydrogen) atoms. The van der Waals surface area contributed by atoms with E-state index in [9.17, 15) is 9.59 Å². The van der Waals surface area contributed by atoms with E-state index in [1.807, 2.05) is 65.8 Å². The van der Waals surface area contributed by atoms with Crippen molar-refractivity contribution in [3.05, 3.63) is 29.8 Å². The Morgan fingerprint density at radius 1 is 0.966 bits per heavy atom. The highest BCUT2D eigenvalue weighted by atomic mass is 79.9. The van der Waals surface area contributed by atoms with Crippen LogP contribution in [0.15, 0.2) is 24.3 Å². The number of esters is 2. The van der Waals surface area contributed by atoms with E-state index in [1.165, 1.54) is 0 Å². The molecule has 0 N–H and O–H groups in total. The van der Waals surface area contributed by atoms with Gasteiger partial charge in [0, 0.05) is 11.4 Å². The molecule has 0 heterocycles. The Morgan fingerprint density at radius 2 is 1.45 bits per heavy atom. The molecule has 0 saturated heterocycles. The summed E-state index contributed by atoms with van der Waals surface area (Å²) in [5.74, 6) is 0.00649. The first kappa shape index (κ1) is 25.4. The fraction of sp³-hybridized carbons (Fsp3) is 0.636. The highest BCUT2D eigenvalue weighted by Crippen LogP contribution is 2.22. The quantitative estimate of drug-likeness (QED) is 0.400. The van der Waals surface area contributed by atoms with Crippen molar-refractivity contribution in [1.29, 1.82) is 0 Å². The molecule has 6 nitrogen and oxygen atoms in total. The zero-order valence-corrected chi connectivity index (χ0v) is 20.2. The second-order valence-corrected chi connectivity index (χ2v) is 9.55. The number of hydrogen-bond donors (Lipinski definition) is 0. The van der Waals surface area contributed by atoms with Crippen molar-refractivity contribution in [2.75, 3.05) is 25.5 Å². The molecule has 0 spiro atoms.